The van der Waals surface area contributed by atoms with E-state index >= 15 is 0 Å². The molecular weight excluding hydrogens is 378 g/mol. The summed E-state index contributed by atoms with van der Waals surface area (Å²) in [4.78, 5) is 23.6. The van der Waals surface area contributed by atoms with Crippen LogP contribution in [0.1, 0.15) is 73.8 Å². The van der Waals surface area contributed by atoms with Crippen molar-refractivity contribution < 1.29 is 19.4 Å². The van der Waals surface area contributed by atoms with Crippen molar-refractivity contribution >= 4 is 29.2 Å². The Hall–Kier alpha value is -3.08. The number of carbonyl (C=O) groups is 2. The number of amides is 1. The highest BCUT2D eigenvalue weighted by molar-refractivity contribution is 6.35. The lowest BCUT2D eigenvalue weighted by atomic mass is 9.90. The Bertz CT molecular complexity index is 989. The largest absolute Gasteiger partial charge is 0.496 e. The maximum atomic E-state index is 12.7. The summed E-state index contributed by atoms with van der Waals surface area (Å²) in [5.74, 6) is 0.495. The fourth-order valence-corrected chi connectivity index (χ4v) is 3.83. The number of carbonyl (C=O) groups excluding carboxylic acids is 1. The number of nitrogens with one attached hydrogen (secondary N) is 1. The highest BCUT2D eigenvalue weighted by Gasteiger charge is 2.25. The molecule has 2 N–H and O–H groups in total. The molecule has 3 rings (SSSR count). The molecule has 0 radical (unpaired) electrons. The Morgan fingerprint density at radius 1 is 1.10 bits per heavy atom. The molecule has 2 aromatic rings. The summed E-state index contributed by atoms with van der Waals surface area (Å²) in [7, 11) is 1.70. The van der Waals surface area contributed by atoms with Crippen molar-refractivity contribution in [1.82, 2.24) is 0 Å². The maximum absolute atomic E-state index is 12.7. The van der Waals surface area contributed by atoms with Crippen molar-refractivity contribution in [1.29, 1.82) is 0 Å². The first-order valence-electron chi connectivity index (χ1n) is 10.3. The Morgan fingerprint density at radius 2 is 1.73 bits per heavy atom. The number of ether oxygens (including phenoxy) is 1. The first kappa shape index (κ1) is 21.6. The summed E-state index contributed by atoms with van der Waals surface area (Å²) in [6, 6.07) is 9.80. The van der Waals surface area contributed by atoms with E-state index in [4.69, 9.17) is 9.84 Å². The highest BCUT2D eigenvalue weighted by Crippen LogP contribution is 2.38. The minimum absolute atomic E-state index is 0.0627. The summed E-state index contributed by atoms with van der Waals surface area (Å²) in [5, 5.41) is 11.9. The number of methoxy groups -OCH3 is 1. The zero-order chi connectivity index (χ0) is 22.0. The minimum Gasteiger partial charge on any atom is -0.496 e. The van der Waals surface area contributed by atoms with Gasteiger partial charge in [-0.25, -0.2) is 0 Å². The third-order valence-electron chi connectivity index (χ3n) is 5.42. The van der Waals surface area contributed by atoms with Gasteiger partial charge in [-0.05, 0) is 70.9 Å². The molecule has 0 aliphatic carbocycles. The Labute approximate surface area is 177 Å². The van der Waals surface area contributed by atoms with E-state index in [-0.39, 0.29) is 24.2 Å². The standard InChI is InChI=1S/C25H29NO4/c1-14(2)18-11-17(12-19(15(3)4)24(18)30-5)13-21-20-10-16(7-9-23(27)28)6-8-22(20)26-25(21)29/h6,8,10-15H,7,9H2,1-5H3,(H,26,29)(H,27,28)/b21-13-. The van der Waals surface area contributed by atoms with Gasteiger partial charge in [0, 0.05) is 23.2 Å². The number of carboxylic acid groups (broad SMARTS) is 1. The number of carboxylic acids is 1. The third-order valence-corrected chi connectivity index (χ3v) is 5.42. The third kappa shape index (κ3) is 4.40. The second-order valence-electron chi connectivity index (χ2n) is 8.33. The second kappa shape index (κ2) is 8.74. The van der Waals surface area contributed by atoms with Crippen LogP contribution in [0.2, 0.25) is 0 Å². The molecule has 5 nitrogen and oxygen atoms in total. The summed E-state index contributed by atoms with van der Waals surface area (Å²) < 4.78 is 5.72. The fourth-order valence-electron chi connectivity index (χ4n) is 3.83. The summed E-state index contributed by atoms with van der Waals surface area (Å²) in [6.07, 6.45) is 2.41. The Morgan fingerprint density at radius 3 is 2.27 bits per heavy atom. The maximum Gasteiger partial charge on any atom is 0.303 e. The van der Waals surface area contributed by atoms with Gasteiger partial charge in [-0.15, -0.1) is 0 Å². The van der Waals surface area contributed by atoms with E-state index in [0.717, 1.165) is 39.3 Å². The molecule has 0 bridgehead atoms. The molecule has 0 aromatic heterocycles. The lowest BCUT2D eigenvalue weighted by Gasteiger charge is -2.19. The zero-order valence-corrected chi connectivity index (χ0v) is 18.2. The number of benzene rings is 2. The zero-order valence-electron chi connectivity index (χ0n) is 18.2. The van der Waals surface area contributed by atoms with E-state index in [1.54, 1.807) is 7.11 Å². The van der Waals surface area contributed by atoms with Crippen LogP contribution in [-0.2, 0) is 16.0 Å². The summed E-state index contributed by atoms with van der Waals surface area (Å²) in [6.45, 7) is 8.52. The van der Waals surface area contributed by atoms with Crippen molar-refractivity contribution in [2.75, 3.05) is 12.4 Å². The number of hydrogen-bond acceptors (Lipinski definition) is 3. The average molecular weight is 408 g/mol. The lowest BCUT2D eigenvalue weighted by Crippen LogP contribution is -2.04. The number of aryl methyl sites for hydroxylation is 1. The smallest absolute Gasteiger partial charge is 0.303 e. The predicted molar refractivity (Wildman–Crippen MR) is 120 cm³/mol. The molecule has 0 spiro atoms. The van der Waals surface area contributed by atoms with Crippen LogP contribution >= 0.6 is 0 Å². The summed E-state index contributed by atoms with van der Waals surface area (Å²) >= 11 is 0. The molecule has 5 heteroatoms. The van der Waals surface area contributed by atoms with E-state index in [2.05, 4.69) is 45.1 Å². The van der Waals surface area contributed by atoms with Gasteiger partial charge in [0.25, 0.3) is 5.91 Å². The van der Waals surface area contributed by atoms with Crippen molar-refractivity contribution in [3.63, 3.8) is 0 Å². The van der Waals surface area contributed by atoms with Gasteiger partial charge in [-0.3, -0.25) is 9.59 Å². The van der Waals surface area contributed by atoms with E-state index in [1.165, 1.54) is 0 Å². The van der Waals surface area contributed by atoms with Crippen LogP contribution in [0.4, 0.5) is 5.69 Å². The van der Waals surface area contributed by atoms with Crippen molar-refractivity contribution in [3.8, 4) is 5.75 Å². The topological polar surface area (TPSA) is 75.6 Å². The van der Waals surface area contributed by atoms with Crippen LogP contribution in [0.25, 0.3) is 11.6 Å². The molecule has 2 aromatic carbocycles. The highest BCUT2D eigenvalue weighted by atomic mass is 16.5. The first-order chi connectivity index (χ1) is 14.2. The SMILES string of the molecule is COc1c(C(C)C)cc(/C=C2\C(=O)Nc3ccc(CCC(=O)O)cc32)cc1C(C)C. The number of aliphatic carboxylic acids is 1. The fraction of sp³-hybridized carbons (Fsp3) is 0.360. The minimum atomic E-state index is -0.832. The van der Waals surface area contributed by atoms with Gasteiger partial charge in [-0.1, -0.05) is 33.8 Å². The van der Waals surface area contributed by atoms with Crippen LogP contribution in [0.5, 0.6) is 5.75 Å². The van der Waals surface area contributed by atoms with Gasteiger partial charge in [0.05, 0.1) is 7.11 Å². The van der Waals surface area contributed by atoms with Gasteiger partial charge in [-0.2, -0.15) is 0 Å². The number of anilines is 1. The van der Waals surface area contributed by atoms with Gasteiger partial charge in [0.1, 0.15) is 5.75 Å². The van der Waals surface area contributed by atoms with Crippen LogP contribution in [0.3, 0.4) is 0 Å². The van der Waals surface area contributed by atoms with Crippen molar-refractivity contribution in [2.24, 2.45) is 0 Å². The number of fused-ring (bicyclic) bond motifs is 1. The molecule has 0 atom stereocenters. The monoisotopic (exact) mass is 407 g/mol. The van der Waals surface area contributed by atoms with E-state index in [1.807, 2.05) is 24.3 Å². The molecule has 0 saturated heterocycles. The first-order valence-corrected chi connectivity index (χ1v) is 10.3. The molecular formula is C25H29NO4. The molecule has 1 aliphatic heterocycles. The van der Waals surface area contributed by atoms with Gasteiger partial charge in [0.2, 0.25) is 0 Å². The Kier molecular flexibility index (Phi) is 6.30. The molecule has 0 fully saturated rings. The molecule has 0 unspecified atom stereocenters. The van der Waals surface area contributed by atoms with E-state index in [0.29, 0.717) is 12.0 Å². The number of rotatable bonds is 7. The quantitative estimate of drug-likeness (QED) is 0.598. The lowest BCUT2D eigenvalue weighted by molar-refractivity contribution is -0.137. The number of hydrogen-bond donors (Lipinski definition) is 2. The Balaban J connectivity index is 2.08. The molecule has 1 amide bonds. The molecule has 1 heterocycles. The van der Waals surface area contributed by atoms with Crippen molar-refractivity contribution in [3.05, 3.63) is 58.1 Å². The van der Waals surface area contributed by atoms with Crippen LogP contribution in [0.15, 0.2) is 30.3 Å². The van der Waals surface area contributed by atoms with Crippen LogP contribution in [0, 0.1) is 0 Å². The second-order valence-corrected chi connectivity index (χ2v) is 8.33. The van der Waals surface area contributed by atoms with Gasteiger partial charge in [0.15, 0.2) is 0 Å². The average Bonchev–Trinajstić information content (AvgIpc) is 3.00. The van der Waals surface area contributed by atoms with E-state index in [9.17, 15) is 9.59 Å². The summed E-state index contributed by atoms with van der Waals surface area (Å²) in [5.41, 5.74) is 6.25. The van der Waals surface area contributed by atoms with Gasteiger partial charge < -0.3 is 15.2 Å². The van der Waals surface area contributed by atoms with Crippen molar-refractivity contribution in [2.45, 2.75) is 52.4 Å². The van der Waals surface area contributed by atoms with Crippen LogP contribution in [-0.4, -0.2) is 24.1 Å². The van der Waals surface area contributed by atoms with E-state index < -0.39 is 5.97 Å². The van der Waals surface area contributed by atoms with Gasteiger partial charge >= 0.3 is 5.97 Å². The molecule has 158 valence electrons. The van der Waals surface area contributed by atoms with Crippen LogP contribution < -0.4 is 10.1 Å². The molecule has 30 heavy (non-hydrogen) atoms. The normalized spacial score (nSPS) is 14.4. The predicted octanol–water partition coefficient (Wildman–Crippen LogP) is 5.45. The molecule has 1 aliphatic rings. The molecule has 0 saturated carbocycles.